The number of hydrogen-bond donors (Lipinski definition) is 2. The van der Waals surface area contributed by atoms with Crippen LogP contribution in [0.1, 0.15) is 19.8 Å². The molecule has 2 aliphatic rings. The Hall–Kier alpha value is -3.12. The monoisotopic (exact) mass is 590 g/mol. The van der Waals surface area contributed by atoms with Gasteiger partial charge in [0.25, 0.3) is 0 Å². The lowest BCUT2D eigenvalue weighted by atomic mass is 10.0. The van der Waals surface area contributed by atoms with E-state index < -0.39 is 0 Å². The first-order valence-electron chi connectivity index (χ1n) is 13.0. The lowest BCUT2D eigenvalue weighted by Gasteiger charge is -2.32. The van der Waals surface area contributed by atoms with Crippen LogP contribution in [-0.4, -0.2) is 86.7 Å². The molecular weight excluding hydrogens is 559 g/mol. The first kappa shape index (κ1) is 28.4. The molecule has 0 bridgehead atoms. The number of rotatable bonds is 8. The summed E-state index contributed by atoms with van der Waals surface area (Å²) in [4.78, 5) is 28.3. The molecule has 4 heterocycles. The van der Waals surface area contributed by atoms with Crippen molar-refractivity contribution in [3.05, 3.63) is 28.4 Å². The predicted molar refractivity (Wildman–Crippen MR) is 154 cm³/mol. The van der Waals surface area contributed by atoms with Crippen LogP contribution in [0.3, 0.4) is 0 Å². The molecule has 5 rings (SSSR count). The minimum Gasteiger partial charge on any atom is -0.495 e. The average molecular weight is 591 g/mol. The quantitative estimate of drug-likeness (QED) is 0.399. The van der Waals surface area contributed by atoms with Gasteiger partial charge in [-0.05, 0) is 18.9 Å². The van der Waals surface area contributed by atoms with Crippen molar-refractivity contribution in [3.63, 3.8) is 0 Å². The number of carbonyl (C=O) groups is 1. The van der Waals surface area contributed by atoms with E-state index >= 15 is 0 Å². The van der Waals surface area contributed by atoms with Crippen molar-refractivity contribution in [2.45, 2.75) is 38.0 Å². The van der Waals surface area contributed by atoms with E-state index in [1.54, 1.807) is 19.4 Å². The Morgan fingerprint density at radius 1 is 1.07 bits per heavy atom. The summed E-state index contributed by atoms with van der Waals surface area (Å²) in [5, 5.41) is 7.80. The SMILES string of the molecule is COc1cc(OC)c(Cl)c(-c2nc(N3CCC(OC)C3)c3cc(N[C@@H]4COCC[C@@H]4NC(C)=O)ncc3n2)c1Cl. The molecule has 1 aromatic carbocycles. The highest BCUT2D eigenvalue weighted by molar-refractivity contribution is 6.41. The zero-order valence-electron chi connectivity index (χ0n) is 22.8. The van der Waals surface area contributed by atoms with Gasteiger partial charge in [-0.2, -0.15) is 0 Å². The molecule has 0 spiro atoms. The number of benzene rings is 1. The van der Waals surface area contributed by atoms with Crippen LogP contribution in [0.5, 0.6) is 11.5 Å². The first-order chi connectivity index (χ1) is 19.3. The fourth-order valence-corrected chi connectivity index (χ4v) is 5.82. The van der Waals surface area contributed by atoms with E-state index in [1.165, 1.54) is 21.1 Å². The van der Waals surface area contributed by atoms with Gasteiger partial charge in [0.2, 0.25) is 5.91 Å². The normalized spacial score (nSPS) is 20.9. The van der Waals surface area contributed by atoms with Crippen LogP contribution in [0.25, 0.3) is 22.3 Å². The number of anilines is 2. The lowest BCUT2D eigenvalue weighted by molar-refractivity contribution is -0.120. The summed E-state index contributed by atoms with van der Waals surface area (Å²) >= 11 is 13.4. The van der Waals surface area contributed by atoms with Crippen LogP contribution in [0.2, 0.25) is 10.0 Å². The van der Waals surface area contributed by atoms with Gasteiger partial charge in [-0.15, -0.1) is 0 Å². The fraction of sp³-hybridized carbons (Fsp3) is 0.481. The molecule has 3 aromatic rings. The Morgan fingerprint density at radius 3 is 2.48 bits per heavy atom. The van der Waals surface area contributed by atoms with Crippen LogP contribution in [0.15, 0.2) is 18.3 Å². The maximum atomic E-state index is 11.7. The lowest BCUT2D eigenvalue weighted by Crippen LogP contribution is -2.51. The number of carbonyl (C=O) groups excluding carboxylic acids is 1. The standard InChI is InChI=1S/C27H32Cl2N6O5/c1-14(36)31-17-6-8-40-13-19(17)32-22-9-16-18(11-30-22)33-26(34-27(16)35-7-5-15(12-35)37-2)23-24(28)20(38-3)10-21(39-4)25(23)29/h9-11,15,17,19H,5-8,12-13H2,1-4H3,(H,30,32)(H,31,36)/t15?,17-,19+/m0/s1. The number of fused-ring (bicyclic) bond motifs is 1. The first-order valence-corrected chi connectivity index (χ1v) is 13.8. The summed E-state index contributed by atoms with van der Waals surface area (Å²) in [5.74, 6) is 2.36. The number of aromatic nitrogens is 3. The van der Waals surface area contributed by atoms with Gasteiger partial charge in [-0.25, -0.2) is 15.0 Å². The van der Waals surface area contributed by atoms with Crippen LogP contribution < -0.4 is 25.0 Å². The van der Waals surface area contributed by atoms with Gasteiger partial charge in [-0.3, -0.25) is 4.79 Å². The molecule has 3 atom stereocenters. The number of halogens is 2. The third-order valence-electron chi connectivity index (χ3n) is 7.22. The van der Waals surface area contributed by atoms with Crippen molar-refractivity contribution < 1.29 is 23.7 Å². The Balaban J connectivity index is 1.60. The topological polar surface area (TPSA) is 120 Å². The molecule has 11 nitrogen and oxygen atoms in total. The van der Waals surface area contributed by atoms with Crippen molar-refractivity contribution in [1.82, 2.24) is 20.3 Å². The molecule has 214 valence electrons. The summed E-state index contributed by atoms with van der Waals surface area (Å²) in [6.07, 6.45) is 3.34. The number of pyridine rings is 1. The second-order valence-corrected chi connectivity index (χ2v) is 10.5. The van der Waals surface area contributed by atoms with Crippen molar-refractivity contribution in [3.8, 4) is 22.9 Å². The summed E-state index contributed by atoms with van der Waals surface area (Å²) in [7, 11) is 4.75. The molecule has 2 N–H and O–H groups in total. The van der Waals surface area contributed by atoms with Crippen LogP contribution >= 0.6 is 23.2 Å². The van der Waals surface area contributed by atoms with E-state index in [2.05, 4.69) is 20.5 Å². The molecule has 2 fully saturated rings. The number of methoxy groups -OCH3 is 3. The zero-order chi connectivity index (χ0) is 28.4. The summed E-state index contributed by atoms with van der Waals surface area (Å²) in [6, 6.07) is 3.33. The summed E-state index contributed by atoms with van der Waals surface area (Å²) in [5.41, 5.74) is 1.02. The Labute approximate surface area is 242 Å². The van der Waals surface area contributed by atoms with E-state index in [4.69, 9.17) is 52.1 Å². The zero-order valence-corrected chi connectivity index (χ0v) is 24.3. The minimum atomic E-state index is -0.141. The van der Waals surface area contributed by atoms with Gasteiger partial charge >= 0.3 is 0 Å². The van der Waals surface area contributed by atoms with Crippen molar-refractivity contribution in [2.75, 3.05) is 57.8 Å². The number of amides is 1. The van der Waals surface area contributed by atoms with Gasteiger partial charge in [0.05, 0.1) is 66.3 Å². The van der Waals surface area contributed by atoms with Gasteiger partial charge in [0, 0.05) is 45.2 Å². The fourth-order valence-electron chi connectivity index (χ4n) is 5.15. The summed E-state index contributed by atoms with van der Waals surface area (Å²) in [6.45, 7) is 3.96. The van der Waals surface area contributed by atoms with Crippen molar-refractivity contribution >= 4 is 51.6 Å². The number of ether oxygens (including phenoxy) is 4. The van der Waals surface area contributed by atoms with Crippen molar-refractivity contribution in [1.29, 1.82) is 0 Å². The van der Waals surface area contributed by atoms with E-state index in [0.29, 0.717) is 66.2 Å². The highest BCUT2D eigenvalue weighted by atomic mass is 35.5. The minimum absolute atomic E-state index is 0.0739. The highest BCUT2D eigenvalue weighted by Gasteiger charge is 2.29. The molecule has 40 heavy (non-hydrogen) atoms. The number of nitrogens with one attached hydrogen (secondary N) is 2. The molecule has 0 saturated carbocycles. The largest absolute Gasteiger partial charge is 0.495 e. The number of nitrogens with zero attached hydrogens (tertiary/aromatic N) is 4. The highest BCUT2D eigenvalue weighted by Crippen LogP contribution is 2.46. The summed E-state index contributed by atoms with van der Waals surface area (Å²) < 4.78 is 22.2. The third-order valence-corrected chi connectivity index (χ3v) is 7.97. The maximum Gasteiger partial charge on any atom is 0.217 e. The molecule has 13 heteroatoms. The maximum absolute atomic E-state index is 11.7. The second-order valence-electron chi connectivity index (χ2n) is 9.76. The average Bonchev–Trinajstić information content (AvgIpc) is 3.43. The molecule has 2 saturated heterocycles. The van der Waals surface area contributed by atoms with E-state index in [0.717, 1.165) is 18.4 Å². The van der Waals surface area contributed by atoms with Crippen molar-refractivity contribution in [2.24, 2.45) is 0 Å². The van der Waals surface area contributed by atoms with E-state index in [1.807, 2.05) is 6.07 Å². The molecule has 1 unspecified atom stereocenters. The van der Waals surface area contributed by atoms with Gasteiger partial charge in [0.1, 0.15) is 23.1 Å². The molecule has 0 aliphatic carbocycles. The van der Waals surface area contributed by atoms with Gasteiger partial charge < -0.3 is 34.5 Å². The van der Waals surface area contributed by atoms with Gasteiger partial charge in [-0.1, -0.05) is 23.2 Å². The molecule has 1 amide bonds. The third kappa shape index (κ3) is 5.69. The van der Waals surface area contributed by atoms with Gasteiger partial charge in [0.15, 0.2) is 5.82 Å². The van der Waals surface area contributed by atoms with Crippen LogP contribution in [0, 0.1) is 0 Å². The molecule has 2 aromatic heterocycles. The van der Waals surface area contributed by atoms with Crippen LogP contribution in [0.4, 0.5) is 11.6 Å². The van der Waals surface area contributed by atoms with E-state index in [9.17, 15) is 4.79 Å². The Kier molecular flexibility index (Phi) is 8.65. The Bertz CT molecular complexity index is 1380. The number of hydrogen-bond acceptors (Lipinski definition) is 10. The Morgan fingerprint density at radius 2 is 1.82 bits per heavy atom. The molecule has 2 aliphatic heterocycles. The molecular formula is C27H32Cl2N6O5. The van der Waals surface area contributed by atoms with E-state index in [-0.39, 0.29) is 34.1 Å². The smallest absolute Gasteiger partial charge is 0.217 e. The second kappa shape index (κ2) is 12.2. The van der Waals surface area contributed by atoms with Crippen LogP contribution in [-0.2, 0) is 14.3 Å². The molecule has 0 radical (unpaired) electrons. The predicted octanol–water partition coefficient (Wildman–Crippen LogP) is 3.95.